The van der Waals surface area contributed by atoms with Crippen LogP contribution in [0.15, 0.2) is 67.3 Å². The molecular formula is C24H25N5O. The van der Waals surface area contributed by atoms with E-state index in [0.29, 0.717) is 12.5 Å². The smallest absolute Gasteiger partial charge is 0.143 e. The van der Waals surface area contributed by atoms with Crippen molar-refractivity contribution in [2.75, 3.05) is 6.61 Å². The van der Waals surface area contributed by atoms with Crippen LogP contribution in [0, 0.1) is 6.92 Å². The first kappa shape index (κ1) is 19.8. The number of pyridine rings is 1. The quantitative estimate of drug-likeness (QED) is 0.447. The lowest BCUT2D eigenvalue weighted by atomic mass is 9.93. The predicted octanol–water partition coefficient (Wildman–Crippen LogP) is 4.78. The largest absolute Gasteiger partial charge is 0.493 e. The molecule has 30 heavy (non-hydrogen) atoms. The molecule has 0 aliphatic heterocycles. The van der Waals surface area contributed by atoms with Gasteiger partial charge < -0.3 is 4.74 Å². The van der Waals surface area contributed by atoms with E-state index in [-0.39, 0.29) is 0 Å². The summed E-state index contributed by atoms with van der Waals surface area (Å²) < 4.78 is 7.82. The molecule has 0 spiro atoms. The third-order valence-corrected chi connectivity index (χ3v) is 5.07. The van der Waals surface area contributed by atoms with Gasteiger partial charge in [0.05, 0.1) is 12.3 Å². The fraction of sp³-hybridized carbons (Fsp3) is 0.250. The lowest BCUT2D eigenvalue weighted by Crippen LogP contribution is -2.06. The maximum absolute atomic E-state index is 6.14. The fourth-order valence-corrected chi connectivity index (χ4v) is 3.63. The zero-order valence-electron chi connectivity index (χ0n) is 17.5. The fourth-order valence-electron chi connectivity index (χ4n) is 3.63. The van der Waals surface area contributed by atoms with Crippen LogP contribution in [0.4, 0.5) is 0 Å². The van der Waals surface area contributed by atoms with Crippen LogP contribution < -0.4 is 4.74 Å². The molecule has 0 fully saturated rings. The number of aryl methyl sites for hydroxylation is 1. The summed E-state index contributed by atoms with van der Waals surface area (Å²) in [5.74, 6) is 1.29. The average molecular weight is 399 g/mol. The van der Waals surface area contributed by atoms with Gasteiger partial charge in [-0.05, 0) is 69.8 Å². The maximum atomic E-state index is 6.14. The summed E-state index contributed by atoms with van der Waals surface area (Å²) >= 11 is 0. The number of hydrogen-bond acceptors (Lipinski definition) is 5. The summed E-state index contributed by atoms with van der Waals surface area (Å²) in [6.07, 6.45) is 6.15. The van der Waals surface area contributed by atoms with Crippen molar-refractivity contribution in [1.82, 2.24) is 25.2 Å². The zero-order valence-corrected chi connectivity index (χ0v) is 17.5. The number of aromatic nitrogens is 5. The summed E-state index contributed by atoms with van der Waals surface area (Å²) in [4.78, 5) is 4.34. The molecule has 6 heteroatoms. The number of benzene rings is 2. The van der Waals surface area contributed by atoms with Crippen molar-refractivity contribution in [3.05, 3.63) is 83.9 Å². The molecule has 0 unspecified atom stereocenters. The van der Waals surface area contributed by atoms with Gasteiger partial charge in [-0.1, -0.05) is 38.1 Å². The van der Waals surface area contributed by atoms with E-state index in [0.717, 1.165) is 40.1 Å². The highest BCUT2D eigenvalue weighted by molar-refractivity contribution is 5.69. The van der Waals surface area contributed by atoms with E-state index in [1.54, 1.807) is 11.0 Å². The predicted molar refractivity (Wildman–Crippen MR) is 117 cm³/mol. The van der Waals surface area contributed by atoms with E-state index in [4.69, 9.17) is 4.74 Å². The Morgan fingerprint density at radius 3 is 2.73 bits per heavy atom. The van der Waals surface area contributed by atoms with Gasteiger partial charge in [0.1, 0.15) is 12.1 Å². The number of ether oxygens (including phenoxy) is 1. The van der Waals surface area contributed by atoms with Crippen LogP contribution in [0.2, 0.25) is 0 Å². The topological polar surface area (TPSA) is 65.7 Å². The molecule has 2 aromatic carbocycles. The van der Waals surface area contributed by atoms with Crippen molar-refractivity contribution in [2.24, 2.45) is 0 Å². The Hall–Kier alpha value is -3.54. The lowest BCUT2D eigenvalue weighted by Gasteiger charge is -2.15. The number of rotatable bonds is 7. The molecule has 152 valence electrons. The minimum absolute atomic E-state index is 0.427. The van der Waals surface area contributed by atoms with Gasteiger partial charge in [0.15, 0.2) is 0 Å². The second-order valence-electron chi connectivity index (χ2n) is 7.63. The Bertz CT molecular complexity index is 1120. The molecule has 4 aromatic rings. The van der Waals surface area contributed by atoms with Gasteiger partial charge in [0.2, 0.25) is 0 Å². The van der Waals surface area contributed by atoms with Crippen molar-refractivity contribution < 1.29 is 4.74 Å². The van der Waals surface area contributed by atoms with Gasteiger partial charge in [-0.15, -0.1) is 5.10 Å². The van der Waals surface area contributed by atoms with Crippen LogP contribution >= 0.6 is 0 Å². The van der Waals surface area contributed by atoms with E-state index in [1.165, 1.54) is 5.56 Å². The summed E-state index contributed by atoms with van der Waals surface area (Å²) in [6, 6.07) is 16.5. The number of para-hydroxylation sites is 1. The summed E-state index contributed by atoms with van der Waals surface area (Å²) in [7, 11) is 0. The number of hydrogen-bond donors (Lipinski definition) is 0. The Kier molecular flexibility index (Phi) is 5.84. The Morgan fingerprint density at radius 1 is 1.07 bits per heavy atom. The molecule has 0 aliphatic rings. The third kappa shape index (κ3) is 4.38. The summed E-state index contributed by atoms with van der Waals surface area (Å²) in [5, 5.41) is 11.5. The molecule has 0 atom stereocenters. The van der Waals surface area contributed by atoms with Gasteiger partial charge in [-0.25, -0.2) is 4.68 Å². The minimum Gasteiger partial charge on any atom is -0.493 e. The van der Waals surface area contributed by atoms with Crippen LogP contribution in [0.3, 0.4) is 0 Å². The van der Waals surface area contributed by atoms with E-state index in [2.05, 4.69) is 71.6 Å². The van der Waals surface area contributed by atoms with E-state index >= 15 is 0 Å². The van der Waals surface area contributed by atoms with Gasteiger partial charge in [0, 0.05) is 24.4 Å². The highest BCUT2D eigenvalue weighted by Gasteiger charge is 2.11. The summed E-state index contributed by atoms with van der Waals surface area (Å²) in [5.41, 5.74) is 6.84. The molecule has 0 bridgehead atoms. The van der Waals surface area contributed by atoms with Crippen LogP contribution in [0.5, 0.6) is 5.75 Å². The average Bonchev–Trinajstić information content (AvgIpc) is 3.28. The van der Waals surface area contributed by atoms with Crippen molar-refractivity contribution in [2.45, 2.75) is 33.1 Å². The van der Waals surface area contributed by atoms with Crippen LogP contribution in [0.25, 0.3) is 16.8 Å². The third-order valence-electron chi connectivity index (χ3n) is 5.07. The molecule has 2 aromatic heterocycles. The van der Waals surface area contributed by atoms with Gasteiger partial charge in [-0.3, -0.25) is 4.98 Å². The minimum atomic E-state index is 0.427. The Balaban J connectivity index is 1.52. The normalized spacial score (nSPS) is 11.1. The van der Waals surface area contributed by atoms with Gasteiger partial charge in [-0.2, -0.15) is 0 Å². The number of tetrazole rings is 1. The first-order chi connectivity index (χ1) is 14.6. The van der Waals surface area contributed by atoms with E-state index in [1.807, 2.05) is 30.6 Å². The SMILES string of the molecule is Cc1cc(OCCc2ccccc2-n2cnnn2)cc(-c2cnccc2C(C)C)c1. The molecule has 0 N–H and O–H groups in total. The van der Waals surface area contributed by atoms with Crippen molar-refractivity contribution in [1.29, 1.82) is 0 Å². The van der Waals surface area contributed by atoms with Crippen LogP contribution in [-0.2, 0) is 6.42 Å². The summed E-state index contributed by atoms with van der Waals surface area (Å²) in [6.45, 7) is 7.06. The maximum Gasteiger partial charge on any atom is 0.143 e. The van der Waals surface area contributed by atoms with Crippen LogP contribution in [-0.4, -0.2) is 31.8 Å². The van der Waals surface area contributed by atoms with Gasteiger partial charge in [0.25, 0.3) is 0 Å². The Labute approximate surface area is 176 Å². The van der Waals surface area contributed by atoms with Crippen LogP contribution in [0.1, 0.15) is 36.5 Å². The molecule has 0 saturated heterocycles. The molecule has 0 saturated carbocycles. The second-order valence-corrected chi connectivity index (χ2v) is 7.63. The first-order valence-corrected chi connectivity index (χ1v) is 10.1. The number of nitrogens with zero attached hydrogens (tertiary/aromatic N) is 5. The van der Waals surface area contributed by atoms with E-state index in [9.17, 15) is 0 Å². The lowest BCUT2D eigenvalue weighted by molar-refractivity contribution is 0.321. The van der Waals surface area contributed by atoms with Crippen molar-refractivity contribution >= 4 is 0 Å². The molecule has 0 aliphatic carbocycles. The van der Waals surface area contributed by atoms with Gasteiger partial charge >= 0.3 is 0 Å². The molecular weight excluding hydrogens is 374 g/mol. The molecule has 0 amide bonds. The molecule has 2 heterocycles. The first-order valence-electron chi connectivity index (χ1n) is 10.1. The van der Waals surface area contributed by atoms with E-state index < -0.39 is 0 Å². The Morgan fingerprint density at radius 2 is 1.93 bits per heavy atom. The molecule has 6 nitrogen and oxygen atoms in total. The van der Waals surface area contributed by atoms with Crippen molar-refractivity contribution in [3.63, 3.8) is 0 Å². The molecule has 0 radical (unpaired) electrons. The highest BCUT2D eigenvalue weighted by Crippen LogP contribution is 2.31. The zero-order chi connectivity index (χ0) is 20.9. The van der Waals surface area contributed by atoms with Crippen molar-refractivity contribution in [3.8, 4) is 22.6 Å². The monoisotopic (exact) mass is 399 g/mol. The molecule has 4 rings (SSSR count). The highest BCUT2D eigenvalue weighted by atomic mass is 16.5. The standard InChI is InChI=1S/C24H25N5O/c1-17(2)22-8-10-25-15-23(22)20-12-18(3)13-21(14-20)30-11-9-19-6-4-5-7-24(19)29-16-26-27-28-29/h4-8,10,12-17H,9,11H2,1-3H3. The second kappa shape index (κ2) is 8.86.